The van der Waals surface area contributed by atoms with Crippen molar-refractivity contribution < 1.29 is 4.74 Å². The molecule has 1 aromatic rings. The zero-order chi connectivity index (χ0) is 8.97. The molecule has 3 heteroatoms. The molecule has 0 aliphatic carbocycles. The minimum absolute atomic E-state index is 0.244. The van der Waals surface area contributed by atoms with E-state index in [0.29, 0.717) is 6.61 Å². The van der Waals surface area contributed by atoms with E-state index >= 15 is 0 Å². The summed E-state index contributed by atoms with van der Waals surface area (Å²) in [6.45, 7) is 6.47. The van der Waals surface area contributed by atoms with Crippen molar-refractivity contribution in [3.63, 3.8) is 0 Å². The van der Waals surface area contributed by atoms with Crippen LogP contribution in [0.15, 0.2) is 12.4 Å². The van der Waals surface area contributed by atoms with Crippen molar-refractivity contribution in [2.24, 2.45) is 0 Å². The molecule has 0 radical (unpaired) electrons. The number of nitrogens with zero attached hydrogens (tertiary/aromatic N) is 2. The highest BCUT2D eigenvalue weighted by molar-refractivity contribution is 4.99. The summed E-state index contributed by atoms with van der Waals surface area (Å²) < 4.78 is 5.37. The first-order valence-electron chi connectivity index (χ1n) is 4.07. The van der Waals surface area contributed by atoms with Crippen LogP contribution in [-0.4, -0.2) is 16.1 Å². The molecular formula is C9H14N2O. The molecule has 1 heterocycles. The fourth-order valence-corrected chi connectivity index (χ4v) is 0.746. The van der Waals surface area contributed by atoms with Crippen LogP contribution in [0.2, 0.25) is 0 Å². The zero-order valence-corrected chi connectivity index (χ0v) is 7.74. The minimum atomic E-state index is 0.244. The van der Waals surface area contributed by atoms with Crippen molar-refractivity contribution in [2.75, 3.05) is 0 Å². The van der Waals surface area contributed by atoms with Crippen LogP contribution in [-0.2, 0) is 11.3 Å². The Morgan fingerprint density at radius 3 is 2.58 bits per heavy atom. The summed E-state index contributed by atoms with van der Waals surface area (Å²) in [5.74, 6) is 0. The lowest BCUT2D eigenvalue weighted by molar-refractivity contribution is 0.0634. The number of aryl methyl sites for hydroxylation is 1. The van der Waals surface area contributed by atoms with Crippen molar-refractivity contribution in [1.82, 2.24) is 9.97 Å². The minimum Gasteiger partial charge on any atom is -0.372 e. The van der Waals surface area contributed by atoms with Crippen LogP contribution in [0.4, 0.5) is 0 Å². The Morgan fingerprint density at radius 2 is 2.08 bits per heavy atom. The maximum absolute atomic E-state index is 5.37. The van der Waals surface area contributed by atoms with Crippen LogP contribution in [0.5, 0.6) is 0 Å². The highest BCUT2D eigenvalue weighted by Gasteiger charge is 1.97. The van der Waals surface area contributed by atoms with Crippen molar-refractivity contribution in [3.8, 4) is 0 Å². The second kappa shape index (κ2) is 4.16. The molecule has 0 aliphatic rings. The van der Waals surface area contributed by atoms with Gasteiger partial charge >= 0.3 is 0 Å². The Kier molecular flexibility index (Phi) is 3.17. The first kappa shape index (κ1) is 9.13. The Balaban J connectivity index is 2.48. The number of hydrogen-bond acceptors (Lipinski definition) is 3. The van der Waals surface area contributed by atoms with Gasteiger partial charge in [0.15, 0.2) is 0 Å². The molecule has 0 N–H and O–H groups in total. The molecule has 0 saturated carbocycles. The van der Waals surface area contributed by atoms with Crippen molar-refractivity contribution in [2.45, 2.75) is 33.5 Å². The van der Waals surface area contributed by atoms with E-state index in [9.17, 15) is 0 Å². The molecule has 66 valence electrons. The van der Waals surface area contributed by atoms with E-state index in [1.54, 1.807) is 12.4 Å². The summed E-state index contributed by atoms with van der Waals surface area (Å²) in [5, 5.41) is 0. The van der Waals surface area contributed by atoms with E-state index in [1.165, 1.54) is 0 Å². The third-order valence-corrected chi connectivity index (χ3v) is 1.40. The topological polar surface area (TPSA) is 35.0 Å². The SMILES string of the molecule is Cc1cnc(COC(C)C)cn1. The fourth-order valence-electron chi connectivity index (χ4n) is 0.746. The molecule has 0 bridgehead atoms. The predicted molar refractivity (Wildman–Crippen MR) is 46.7 cm³/mol. The number of ether oxygens (including phenoxy) is 1. The molecule has 0 saturated heterocycles. The van der Waals surface area contributed by atoms with Crippen LogP contribution >= 0.6 is 0 Å². The van der Waals surface area contributed by atoms with Gasteiger partial charge in [-0.05, 0) is 20.8 Å². The highest BCUT2D eigenvalue weighted by atomic mass is 16.5. The fraction of sp³-hybridized carbons (Fsp3) is 0.556. The summed E-state index contributed by atoms with van der Waals surface area (Å²) in [5.41, 5.74) is 1.82. The monoisotopic (exact) mass is 166 g/mol. The number of rotatable bonds is 3. The molecule has 12 heavy (non-hydrogen) atoms. The molecule has 0 amide bonds. The van der Waals surface area contributed by atoms with Gasteiger partial charge in [-0.3, -0.25) is 9.97 Å². The van der Waals surface area contributed by atoms with E-state index in [4.69, 9.17) is 4.74 Å². The molecular weight excluding hydrogens is 152 g/mol. The molecule has 3 nitrogen and oxygen atoms in total. The summed E-state index contributed by atoms with van der Waals surface area (Å²) in [6, 6.07) is 0. The van der Waals surface area contributed by atoms with Crippen molar-refractivity contribution in [1.29, 1.82) is 0 Å². The van der Waals surface area contributed by atoms with Gasteiger partial charge in [-0.2, -0.15) is 0 Å². The van der Waals surface area contributed by atoms with Gasteiger partial charge in [0.2, 0.25) is 0 Å². The lowest BCUT2D eigenvalue weighted by atomic mass is 10.4. The molecule has 0 aromatic carbocycles. The van der Waals surface area contributed by atoms with Gasteiger partial charge in [0.25, 0.3) is 0 Å². The predicted octanol–water partition coefficient (Wildman–Crippen LogP) is 1.71. The Labute approximate surface area is 72.8 Å². The third kappa shape index (κ3) is 2.96. The average molecular weight is 166 g/mol. The van der Waals surface area contributed by atoms with Crippen LogP contribution in [0.1, 0.15) is 25.2 Å². The summed E-state index contributed by atoms with van der Waals surface area (Å²) in [4.78, 5) is 8.28. The first-order valence-corrected chi connectivity index (χ1v) is 4.07. The molecule has 0 atom stereocenters. The Morgan fingerprint density at radius 1 is 1.33 bits per heavy atom. The lowest BCUT2D eigenvalue weighted by Gasteiger charge is -2.05. The average Bonchev–Trinajstić information content (AvgIpc) is 2.03. The van der Waals surface area contributed by atoms with Gasteiger partial charge < -0.3 is 4.74 Å². The van der Waals surface area contributed by atoms with Gasteiger partial charge in [0, 0.05) is 6.20 Å². The quantitative estimate of drug-likeness (QED) is 0.685. The number of hydrogen-bond donors (Lipinski definition) is 0. The third-order valence-electron chi connectivity index (χ3n) is 1.40. The Hall–Kier alpha value is -0.960. The smallest absolute Gasteiger partial charge is 0.0907 e. The maximum Gasteiger partial charge on any atom is 0.0907 e. The normalized spacial score (nSPS) is 10.7. The Bertz CT molecular complexity index is 231. The largest absolute Gasteiger partial charge is 0.372 e. The summed E-state index contributed by atoms with van der Waals surface area (Å²) in [7, 11) is 0. The van der Waals surface area contributed by atoms with E-state index in [-0.39, 0.29) is 6.10 Å². The van der Waals surface area contributed by atoms with Gasteiger partial charge in [-0.1, -0.05) is 0 Å². The molecule has 0 spiro atoms. The molecule has 1 aromatic heterocycles. The van der Waals surface area contributed by atoms with Crippen LogP contribution in [0, 0.1) is 6.92 Å². The van der Waals surface area contributed by atoms with Gasteiger partial charge in [-0.25, -0.2) is 0 Å². The van der Waals surface area contributed by atoms with E-state index in [1.807, 2.05) is 20.8 Å². The lowest BCUT2D eigenvalue weighted by Crippen LogP contribution is -2.04. The van der Waals surface area contributed by atoms with E-state index in [2.05, 4.69) is 9.97 Å². The summed E-state index contributed by atoms with van der Waals surface area (Å²) in [6.07, 6.45) is 3.74. The van der Waals surface area contributed by atoms with Crippen LogP contribution in [0.25, 0.3) is 0 Å². The molecule has 0 unspecified atom stereocenters. The van der Waals surface area contributed by atoms with Crippen molar-refractivity contribution in [3.05, 3.63) is 23.8 Å². The number of aromatic nitrogens is 2. The van der Waals surface area contributed by atoms with Gasteiger partial charge in [0.1, 0.15) is 0 Å². The van der Waals surface area contributed by atoms with Gasteiger partial charge in [-0.15, -0.1) is 0 Å². The van der Waals surface area contributed by atoms with Crippen molar-refractivity contribution >= 4 is 0 Å². The molecule has 1 rings (SSSR count). The maximum atomic E-state index is 5.37. The van der Waals surface area contributed by atoms with E-state index in [0.717, 1.165) is 11.4 Å². The standard InChI is InChI=1S/C9H14N2O/c1-7(2)12-6-9-5-10-8(3)4-11-9/h4-5,7H,6H2,1-3H3. The van der Waals surface area contributed by atoms with Crippen LogP contribution in [0.3, 0.4) is 0 Å². The van der Waals surface area contributed by atoms with Gasteiger partial charge in [0.05, 0.1) is 30.3 Å². The first-order chi connectivity index (χ1) is 5.68. The van der Waals surface area contributed by atoms with E-state index < -0.39 is 0 Å². The molecule has 0 aliphatic heterocycles. The zero-order valence-electron chi connectivity index (χ0n) is 7.74. The summed E-state index contributed by atoms with van der Waals surface area (Å²) >= 11 is 0. The second-order valence-electron chi connectivity index (χ2n) is 3.01. The second-order valence-corrected chi connectivity index (χ2v) is 3.01. The molecule has 0 fully saturated rings. The van der Waals surface area contributed by atoms with Crippen LogP contribution < -0.4 is 0 Å². The highest BCUT2D eigenvalue weighted by Crippen LogP contribution is 1.98.